The van der Waals surface area contributed by atoms with Crippen LogP contribution in [0.2, 0.25) is 5.02 Å². The van der Waals surface area contributed by atoms with Crippen molar-refractivity contribution in [1.82, 2.24) is 9.97 Å². The zero-order chi connectivity index (χ0) is 20.0. The van der Waals surface area contributed by atoms with Crippen LogP contribution in [0.4, 0.5) is 14.6 Å². The van der Waals surface area contributed by atoms with E-state index in [1.54, 1.807) is 6.07 Å². The predicted molar refractivity (Wildman–Crippen MR) is 111 cm³/mol. The average Bonchev–Trinajstić information content (AvgIpc) is 3.12. The number of aromatic nitrogens is 2. The molecule has 0 amide bonds. The van der Waals surface area contributed by atoms with Gasteiger partial charge in [0.05, 0.1) is 5.02 Å². The molecule has 1 aromatic carbocycles. The Morgan fingerprint density at radius 3 is 2.82 bits per heavy atom. The molecule has 1 N–H and O–H groups in total. The first-order valence-corrected chi connectivity index (χ1v) is 9.45. The highest BCUT2D eigenvalue weighted by atomic mass is 35.5. The number of hydrogen-bond donors (Lipinski definition) is 1. The summed E-state index contributed by atoms with van der Waals surface area (Å²) < 4.78 is 29.3. The van der Waals surface area contributed by atoms with Crippen LogP contribution in [0.1, 0.15) is 24.5 Å². The summed E-state index contributed by atoms with van der Waals surface area (Å²) in [6.07, 6.45) is 3.90. The number of benzene rings is 1. The molecule has 3 aromatic rings. The predicted octanol–water partition coefficient (Wildman–Crippen LogP) is 6.04. The molecule has 0 spiro atoms. The lowest BCUT2D eigenvalue weighted by molar-refractivity contribution is 0.607. The summed E-state index contributed by atoms with van der Waals surface area (Å²) in [5.74, 6) is -0.486. The van der Waals surface area contributed by atoms with E-state index in [0.717, 1.165) is 33.2 Å². The van der Waals surface area contributed by atoms with Crippen molar-refractivity contribution in [3.05, 3.63) is 76.1 Å². The highest BCUT2D eigenvalue weighted by Gasteiger charge is 2.25. The standard InChI is InChI=1S/C22H20ClF2N3/c1-12-5-7-28(22-19(25)9-15(23)10-27-22)11-17(12)14(3)20-16-4-6-26-21(16)13(2)8-18(20)24/h4,6,8-10,26H,1,5,7,11H2,2-3H3/b17-14+. The van der Waals surface area contributed by atoms with Gasteiger partial charge in [-0.3, -0.25) is 0 Å². The number of hydrogen-bond acceptors (Lipinski definition) is 2. The van der Waals surface area contributed by atoms with Crippen LogP contribution in [0.5, 0.6) is 0 Å². The summed E-state index contributed by atoms with van der Waals surface area (Å²) in [5, 5.41) is 1.09. The second-order valence-corrected chi connectivity index (χ2v) is 7.59. The lowest BCUT2D eigenvalue weighted by Crippen LogP contribution is -2.34. The van der Waals surface area contributed by atoms with E-state index in [-0.39, 0.29) is 16.7 Å². The van der Waals surface area contributed by atoms with Crippen LogP contribution in [0.15, 0.2) is 48.3 Å². The van der Waals surface area contributed by atoms with Crippen LogP contribution in [0.25, 0.3) is 16.5 Å². The van der Waals surface area contributed by atoms with E-state index in [9.17, 15) is 8.78 Å². The second kappa shape index (κ2) is 7.06. The van der Waals surface area contributed by atoms with Gasteiger partial charge in [0.15, 0.2) is 11.6 Å². The zero-order valence-electron chi connectivity index (χ0n) is 15.7. The van der Waals surface area contributed by atoms with Gasteiger partial charge in [0.1, 0.15) is 5.82 Å². The number of aromatic amines is 1. The van der Waals surface area contributed by atoms with Crippen molar-refractivity contribution >= 4 is 33.9 Å². The maximum atomic E-state index is 14.9. The summed E-state index contributed by atoms with van der Waals surface area (Å²) in [6, 6.07) is 4.68. The first-order valence-electron chi connectivity index (χ1n) is 9.07. The van der Waals surface area contributed by atoms with E-state index in [1.165, 1.54) is 12.3 Å². The van der Waals surface area contributed by atoms with Gasteiger partial charge >= 0.3 is 0 Å². The van der Waals surface area contributed by atoms with E-state index >= 15 is 0 Å². The smallest absolute Gasteiger partial charge is 0.167 e. The number of fused-ring (bicyclic) bond motifs is 1. The van der Waals surface area contributed by atoms with Gasteiger partial charge in [0, 0.05) is 41.9 Å². The van der Waals surface area contributed by atoms with E-state index in [0.29, 0.717) is 25.1 Å². The Morgan fingerprint density at radius 1 is 1.29 bits per heavy atom. The van der Waals surface area contributed by atoms with Crippen molar-refractivity contribution in [2.75, 3.05) is 18.0 Å². The van der Waals surface area contributed by atoms with E-state index < -0.39 is 5.82 Å². The number of pyridine rings is 1. The topological polar surface area (TPSA) is 31.9 Å². The average molecular weight is 400 g/mol. The van der Waals surface area contributed by atoms with Gasteiger partial charge in [-0.1, -0.05) is 18.2 Å². The van der Waals surface area contributed by atoms with E-state index in [1.807, 2.05) is 31.0 Å². The molecular weight excluding hydrogens is 380 g/mol. The maximum absolute atomic E-state index is 14.9. The summed E-state index contributed by atoms with van der Waals surface area (Å²) in [4.78, 5) is 9.18. The minimum atomic E-state index is -0.466. The monoisotopic (exact) mass is 399 g/mol. The molecule has 0 unspecified atom stereocenters. The highest BCUT2D eigenvalue weighted by molar-refractivity contribution is 6.30. The third-order valence-corrected chi connectivity index (χ3v) is 5.57. The third kappa shape index (κ3) is 3.10. The quantitative estimate of drug-likeness (QED) is 0.569. The Hall–Kier alpha value is -2.66. The SMILES string of the molecule is C=C1CCN(c2ncc(Cl)cc2F)C/C1=C(/C)c1c(F)cc(C)c2[nH]ccc12. The number of piperidine rings is 1. The molecule has 1 aliphatic rings. The van der Waals surface area contributed by atoms with Crippen LogP contribution in [0.3, 0.4) is 0 Å². The molecule has 0 aliphatic carbocycles. The molecule has 0 saturated carbocycles. The van der Waals surface area contributed by atoms with Crippen molar-refractivity contribution in [3.8, 4) is 0 Å². The summed E-state index contributed by atoms with van der Waals surface area (Å²) in [5.41, 5.74) is 4.99. The number of rotatable bonds is 2. The van der Waals surface area contributed by atoms with Crippen LogP contribution >= 0.6 is 11.6 Å². The maximum Gasteiger partial charge on any atom is 0.167 e. The van der Waals surface area contributed by atoms with Gasteiger partial charge in [0.2, 0.25) is 0 Å². The fourth-order valence-corrected chi connectivity index (χ4v) is 4.05. The normalized spacial score (nSPS) is 16.8. The van der Waals surface area contributed by atoms with Crippen LogP contribution in [-0.2, 0) is 0 Å². The van der Waals surface area contributed by atoms with Gasteiger partial charge < -0.3 is 9.88 Å². The molecule has 144 valence electrons. The molecule has 0 atom stereocenters. The molecule has 28 heavy (non-hydrogen) atoms. The molecule has 1 fully saturated rings. The van der Waals surface area contributed by atoms with Gasteiger partial charge in [-0.2, -0.15) is 0 Å². The molecule has 3 heterocycles. The Kier molecular flexibility index (Phi) is 4.71. The molecule has 1 saturated heterocycles. The molecule has 3 nitrogen and oxygen atoms in total. The first kappa shape index (κ1) is 18.7. The van der Waals surface area contributed by atoms with Gasteiger partial charge in [-0.05, 0) is 60.8 Å². The number of H-pyrrole nitrogens is 1. The largest absolute Gasteiger partial charge is 0.361 e. The molecule has 1 aliphatic heterocycles. The van der Waals surface area contributed by atoms with Crippen molar-refractivity contribution in [2.45, 2.75) is 20.3 Å². The lowest BCUT2D eigenvalue weighted by Gasteiger charge is -2.32. The first-order chi connectivity index (χ1) is 13.4. The number of aryl methyl sites for hydroxylation is 1. The number of anilines is 1. The van der Waals surface area contributed by atoms with Crippen molar-refractivity contribution in [2.24, 2.45) is 0 Å². The molecular formula is C22H20ClF2N3. The minimum Gasteiger partial charge on any atom is -0.361 e. The van der Waals surface area contributed by atoms with Crippen LogP contribution in [0, 0.1) is 18.6 Å². The lowest BCUT2D eigenvalue weighted by atomic mass is 9.89. The van der Waals surface area contributed by atoms with Crippen LogP contribution < -0.4 is 4.90 Å². The minimum absolute atomic E-state index is 0.248. The number of halogens is 3. The Labute approximate surface area is 167 Å². The Balaban J connectivity index is 1.81. The summed E-state index contributed by atoms with van der Waals surface area (Å²) in [6.45, 7) is 8.96. The Morgan fingerprint density at radius 2 is 2.07 bits per heavy atom. The van der Waals surface area contributed by atoms with Gasteiger partial charge in [-0.15, -0.1) is 0 Å². The van der Waals surface area contributed by atoms with E-state index in [2.05, 4.69) is 16.5 Å². The zero-order valence-corrected chi connectivity index (χ0v) is 16.5. The van der Waals surface area contributed by atoms with Crippen molar-refractivity contribution in [3.63, 3.8) is 0 Å². The van der Waals surface area contributed by atoms with Crippen molar-refractivity contribution < 1.29 is 8.78 Å². The van der Waals surface area contributed by atoms with Gasteiger partial charge in [0.25, 0.3) is 0 Å². The molecule has 2 aromatic heterocycles. The molecule has 0 radical (unpaired) electrons. The summed E-state index contributed by atoms with van der Waals surface area (Å²) in [7, 11) is 0. The van der Waals surface area contributed by atoms with E-state index in [4.69, 9.17) is 11.6 Å². The number of allylic oxidation sites excluding steroid dienone is 1. The summed E-state index contributed by atoms with van der Waals surface area (Å²) >= 11 is 5.82. The third-order valence-electron chi connectivity index (χ3n) is 5.37. The second-order valence-electron chi connectivity index (χ2n) is 7.15. The fourth-order valence-electron chi connectivity index (χ4n) is 3.91. The Bertz CT molecular complexity index is 1130. The molecule has 6 heteroatoms. The molecule has 0 bridgehead atoms. The highest BCUT2D eigenvalue weighted by Crippen LogP contribution is 2.36. The number of nitrogens with zero attached hydrogens (tertiary/aromatic N) is 2. The van der Waals surface area contributed by atoms with Gasteiger partial charge in [-0.25, -0.2) is 13.8 Å². The number of nitrogens with one attached hydrogen (secondary N) is 1. The van der Waals surface area contributed by atoms with Crippen molar-refractivity contribution in [1.29, 1.82) is 0 Å². The van der Waals surface area contributed by atoms with Crippen LogP contribution in [-0.4, -0.2) is 23.1 Å². The fraction of sp³-hybridized carbons (Fsp3) is 0.227. The molecule has 4 rings (SSSR count).